The number of benzene rings is 1. The van der Waals surface area contributed by atoms with E-state index in [9.17, 15) is 4.79 Å². The average Bonchev–Trinajstić information content (AvgIpc) is 3.43. The van der Waals surface area contributed by atoms with Gasteiger partial charge in [0.1, 0.15) is 11.5 Å². The summed E-state index contributed by atoms with van der Waals surface area (Å²) >= 11 is 1.46. The lowest BCUT2D eigenvalue weighted by Gasteiger charge is -2.31. The van der Waals surface area contributed by atoms with Crippen molar-refractivity contribution in [1.82, 2.24) is 9.88 Å². The topological polar surface area (TPSA) is 46.3 Å². The molecule has 0 N–H and O–H groups in total. The van der Waals surface area contributed by atoms with Crippen LogP contribution in [0.1, 0.15) is 53.9 Å². The van der Waals surface area contributed by atoms with Gasteiger partial charge in [-0.3, -0.25) is 4.79 Å². The quantitative estimate of drug-likeness (QED) is 0.586. The minimum atomic E-state index is 0.0395. The number of amides is 1. The minimum Gasteiger partial charge on any atom is -0.459 e. The molecule has 4 nitrogen and oxygen atoms in total. The average molecular weight is 381 g/mol. The van der Waals surface area contributed by atoms with E-state index in [1.54, 1.807) is 0 Å². The Hall–Kier alpha value is -2.40. The van der Waals surface area contributed by atoms with Crippen molar-refractivity contribution < 1.29 is 9.21 Å². The van der Waals surface area contributed by atoms with Crippen molar-refractivity contribution in [3.05, 3.63) is 64.9 Å². The maximum atomic E-state index is 13.2. The molecule has 0 aliphatic carbocycles. The van der Waals surface area contributed by atoms with Crippen molar-refractivity contribution in [3.63, 3.8) is 0 Å². The number of hydrogen-bond acceptors (Lipinski definition) is 4. The van der Waals surface area contributed by atoms with Crippen LogP contribution < -0.4 is 0 Å². The first-order valence-corrected chi connectivity index (χ1v) is 10.4. The summed E-state index contributed by atoms with van der Waals surface area (Å²) in [5.74, 6) is 1.98. The van der Waals surface area contributed by atoms with Crippen molar-refractivity contribution in [2.75, 3.05) is 6.54 Å². The van der Waals surface area contributed by atoms with Crippen LogP contribution in [0, 0.1) is 6.92 Å². The lowest BCUT2D eigenvalue weighted by molar-refractivity contribution is 0.0709. The van der Waals surface area contributed by atoms with Gasteiger partial charge in [0.25, 0.3) is 5.91 Å². The molecular weight excluding hydrogens is 356 g/mol. The highest BCUT2D eigenvalue weighted by Crippen LogP contribution is 2.35. The largest absolute Gasteiger partial charge is 0.459 e. The normalized spacial score (nSPS) is 18.0. The van der Waals surface area contributed by atoms with E-state index < -0.39 is 0 Å². The molecule has 1 aliphatic rings. The molecule has 1 aliphatic heterocycles. The molecule has 1 fully saturated rings. The number of rotatable bonds is 5. The summed E-state index contributed by atoms with van der Waals surface area (Å²) < 4.78 is 5.65. The Morgan fingerprint density at radius 1 is 1.30 bits per heavy atom. The minimum absolute atomic E-state index is 0.0395. The van der Waals surface area contributed by atoms with E-state index in [1.807, 2.05) is 35.4 Å². The number of carbonyl (C=O) groups excluding carboxylic acids is 1. The number of thiazole rings is 1. The van der Waals surface area contributed by atoms with Crippen LogP contribution >= 0.6 is 11.3 Å². The molecule has 1 amide bonds. The predicted octanol–water partition coefficient (Wildman–Crippen LogP) is 5.51. The Labute approximate surface area is 163 Å². The smallest absolute Gasteiger partial charge is 0.273 e. The first-order chi connectivity index (χ1) is 13.2. The highest BCUT2D eigenvalue weighted by atomic mass is 32.1. The Morgan fingerprint density at radius 2 is 2.11 bits per heavy atom. The van der Waals surface area contributed by atoms with E-state index in [4.69, 9.17) is 4.42 Å². The molecule has 3 heterocycles. The van der Waals surface area contributed by atoms with Gasteiger partial charge in [-0.2, -0.15) is 0 Å². The predicted molar refractivity (Wildman–Crippen MR) is 108 cm³/mol. The first-order valence-electron chi connectivity index (χ1n) is 9.55. The Bertz CT molecular complexity index is 915. The van der Waals surface area contributed by atoms with Crippen LogP contribution in [0.4, 0.5) is 0 Å². The Kier molecular flexibility index (Phi) is 5.12. The molecule has 1 aromatic carbocycles. The van der Waals surface area contributed by atoms with E-state index in [2.05, 4.69) is 36.2 Å². The number of nitrogens with zero attached hydrogens (tertiary/aromatic N) is 2. The van der Waals surface area contributed by atoms with Gasteiger partial charge in [0, 0.05) is 23.9 Å². The molecule has 0 bridgehead atoms. The molecule has 0 saturated carbocycles. The SMILES string of the molecule is CC[C@H](c1ccccc1)[C@H]1CCCN1C(=O)c1csc(-c2ccc(C)o2)n1. The number of likely N-dealkylation sites (tertiary alicyclic amines) is 1. The zero-order valence-electron chi connectivity index (χ0n) is 15.7. The molecule has 1 saturated heterocycles. The second-order valence-corrected chi connectivity index (χ2v) is 7.94. The molecule has 27 heavy (non-hydrogen) atoms. The van der Waals surface area contributed by atoms with Gasteiger partial charge in [0.15, 0.2) is 10.8 Å². The zero-order valence-corrected chi connectivity index (χ0v) is 16.5. The van der Waals surface area contributed by atoms with Gasteiger partial charge < -0.3 is 9.32 Å². The highest BCUT2D eigenvalue weighted by molar-refractivity contribution is 7.13. The Balaban J connectivity index is 1.57. The molecule has 2 atom stereocenters. The summed E-state index contributed by atoms with van der Waals surface area (Å²) in [6.07, 6.45) is 3.12. The fraction of sp³-hybridized carbons (Fsp3) is 0.364. The fourth-order valence-electron chi connectivity index (χ4n) is 4.07. The highest BCUT2D eigenvalue weighted by Gasteiger charge is 2.35. The molecule has 0 radical (unpaired) electrons. The van der Waals surface area contributed by atoms with E-state index in [0.717, 1.165) is 42.3 Å². The molecule has 2 aromatic heterocycles. The number of carbonyl (C=O) groups is 1. The van der Waals surface area contributed by atoms with Crippen molar-refractivity contribution in [1.29, 1.82) is 0 Å². The van der Waals surface area contributed by atoms with E-state index in [1.165, 1.54) is 16.9 Å². The second-order valence-electron chi connectivity index (χ2n) is 7.08. The van der Waals surface area contributed by atoms with Crippen LogP contribution in [0.25, 0.3) is 10.8 Å². The summed E-state index contributed by atoms with van der Waals surface area (Å²) in [6.45, 7) is 4.92. The van der Waals surface area contributed by atoms with Crippen LogP contribution in [0.3, 0.4) is 0 Å². The summed E-state index contributed by atoms with van der Waals surface area (Å²) in [5.41, 5.74) is 1.84. The van der Waals surface area contributed by atoms with Crippen molar-refractivity contribution >= 4 is 17.2 Å². The number of aryl methyl sites for hydroxylation is 1. The molecule has 140 valence electrons. The molecule has 0 unspecified atom stereocenters. The number of hydrogen-bond donors (Lipinski definition) is 0. The fourth-order valence-corrected chi connectivity index (χ4v) is 4.83. The first kappa shape index (κ1) is 18.0. The molecule has 4 rings (SSSR count). The summed E-state index contributed by atoms with van der Waals surface area (Å²) in [7, 11) is 0. The third kappa shape index (κ3) is 3.56. The maximum Gasteiger partial charge on any atom is 0.273 e. The van der Waals surface area contributed by atoms with Crippen molar-refractivity contribution in [3.8, 4) is 10.8 Å². The van der Waals surface area contributed by atoms with Crippen molar-refractivity contribution in [2.24, 2.45) is 0 Å². The van der Waals surface area contributed by atoms with Gasteiger partial charge >= 0.3 is 0 Å². The molecule has 3 aromatic rings. The summed E-state index contributed by atoms with van der Waals surface area (Å²) in [4.78, 5) is 19.8. The van der Waals surface area contributed by atoms with E-state index in [-0.39, 0.29) is 11.9 Å². The second kappa shape index (κ2) is 7.69. The monoisotopic (exact) mass is 380 g/mol. The van der Waals surface area contributed by atoms with Crippen LogP contribution in [-0.4, -0.2) is 28.4 Å². The van der Waals surface area contributed by atoms with Crippen LogP contribution in [0.15, 0.2) is 52.3 Å². The van der Waals surface area contributed by atoms with Gasteiger partial charge in [0.05, 0.1) is 0 Å². The molecule has 0 spiro atoms. The number of aromatic nitrogens is 1. The lowest BCUT2D eigenvalue weighted by atomic mass is 9.87. The maximum absolute atomic E-state index is 13.2. The third-order valence-corrected chi connectivity index (χ3v) is 6.22. The van der Waals surface area contributed by atoms with E-state index >= 15 is 0 Å². The van der Waals surface area contributed by atoms with Crippen LogP contribution in [0.5, 0.6) is 0 Å². The van der Waals surface area contributed by atoms with E-state index in [0.29, 0.717) is 11.6 Å². The Morgan fingerprint density at radius 3 is 2.81 bits per heavy atom. The van der Waals surface area contributed by atoms with Crippen LogP contribution in [-0.2, 0) is 0 Å². The van der Waals surface area contributed by atoms with Gasteiger partial charge in [-0.1, -0.05) is 37.3 Å². The van der Waals surface area contributed by atoms with Gasteiger partial charge in [-0.25, -0.2) is 4.98 Å². The molecular formula is C22H24N2O2S. The van der Waals surface area contributed by atoms with Gasteiger partial charge in [-0.15, -0.1) is 11.3 Å². The summed E-state index contributed by atoms with van der Waals surface area (Å²) in [5, 5.41) is 2.62. The standard InChI is InChI=1S/C22H24N2O2S/c1-3-17(16-8-5-4-6-9-16)19-10-7-13-24(19)22(25)18-14-27-21(23-18)20-12-11-15(2)26-20/h4-6,8-9,11-12,14,17,19H,3,7,10,13H2,1-2H3/t17-,19-/m1/s1. The lowest BCUT2D eigenvalue weighted by Crippen LogP contribution is -2.39. The third-order valence-electron chi connectivity index (χ3n) is 5.37. The van der Waals surface area contributed by atoms with Crippen molar-refractivity contribution in [2.45, 2.75) is 45.1 Å². The zero-order chi connectivity index (χ0) is 18.8. The van der Waals surface area contributed by atoms with Gasteiger partial charge in [-0.05, 0) is 43.9 Å². The molecule has 5 heteroatoms. The van der Waals surface area contributed by atoms with Crippen LogP contribution in [0.2, 0.25) is 0 Å². The van der Waals surface area contributed by atoms with Gasteiger partial charge in [0.2, 0.25) is 0 Å². The number of furan rings is 1. The summed E-state index contributed by atoms with van der Waals surface area (Å²) in [6, 6.07) is 14.6.